The third kappa shape index (κ3) is 4.72. The molecule has 0 atom stereocenters. The summed E-state index contributed by atoms with van der Waals surface area (Å²) < 4.78 is 46.0. The standard InChI is InChI=1S/C17H21F3N4O/c1-13-22-21-12-24(13)10-9-23-7-5-15(6-8-23)25-16-4-2-3-14(11-16)17(18,19)20/h2-4,11-12,15H,5-10H2,1H3. The minimum Gasteiger partial charge on any atom is -0.490 e. The summed E-state index contributed by atoms with van der Waals surface area (Å²) in [6, 6.07) is 5.09. The molecule has 0 bridgehead atoms. The summed E-state index contributed by atoms with van der Waals surface area (Å²) in [5.74, 6) is 1.18. The van der Waals surface area contributed by atoms with Gasteiger partial charge in [0.1, 0.15) is 24.0 Å². The van der Waals surface area contributed by atoms with E-state index in [1.54, 1.807) is 12.4 Å². The Bertz CT molecular complexity index is 693. The lowest BCUT2D eigenvalue weighted by Crippen LogP contribution is -2.39. The van der Waals surface area contributed by atoms with Crippen LogP contribution >= 0.6 is 0 Å². The molecule has 8 heteroatoms. The largest absolute Gasteiger partial charge is 0.490 e. The lowest BCUT2D eigenvalue weighted by atomic mass is 10.1. The average molecular weight is 354 g/mol. The quantitative estimate of drug-likeness (QED) is 0.827. The molecule has 1 aromatic heterocycles. The lowest BCUT2D eigenvalue weighted by molar-refractivity contribution is -0.137. The van der Waals surface area contributed by atoms with Crippen molar-refractivity contribution < 1.29 is 17.9 Å². The number of rotatable bonds is 5. The van der Waals surface area contributed by atoms with E-state index >= 15 is 0 Å². The molecule has 1 saturated heterocycles. The molecule has 25 heavy (non-hydrogen) atoms. The van der Waals surface area contributed by atoms with Crippen LogP contribution in [-0.4, -0.2) is 45.4 Å². The minimum atomic E-state index is -4.34. The molecule has 0 unspecified atom stereocenters. The van der Waals surface area contributed by atoms with Crippen molar-refractivity contribution in [1.29, 1.82) is 0 Å². The number of ether oxygens (including phenoxy) is 1. The number of benzene rings is 1. The van der Waals surface area contributed by atoms with Crippen LogP contribution in [0.2, 0.25) is 0 Å². The second kappa shape index (κ2) is 7.43. The zero-order valence-corrected chi connectivity index (χ0v) is 14.0. The van der Waals surface area contributed by atoms with E-state index in [1.807, 2.05) is 11.5 Å². The fourth-order valence-electron chi connectivity index (χ4n) is 2.97. The van der Waals surface area contributed by atoms with Gasteiger partial charge in [-0.2, -0.15) is 13.2 Å². The minimum absolute atomic E-state index is 0.0450. The van der Waals surface area contributed by atoms with Crippen molar-refractivity contribution in [1.82, 2.24) is 19.7 Å². The molecule has 5 nitrogen and oxygen atoms in total. The van der Waals surface area contributed by atoms with Crippen molar-refractivity contribution in [2.75, 3.05) is 19.6 Å². The number of nitrogens with zero attached hydrogens (tertiary/aromatic N) is 4. The lowest BCUT2D eigenvalue weighted by Gasteiger charge is -2.32. The highest BCUT2D eigenvalue weighted by atomic mass is 19.4. The smallest absolute Gasteiger partial charge is 0.416 e. The number of aryl methyl sites for hydroxylation is 1. The van der Waals surface area contributed by atoms with Crippen LogP contribution in [0.1, 0.15) is 24.2 Å². The molecule has 1 aromatic carbocycles. The summed E-state index contributed by atoms with van der Waals surface area (Å²) in [4.78, 5) is 2.32. The Kier molecular flexibility index (Phi) is 5.27. The average Bonchev–Trinajstić information content (AvgIpc) is 2.99. The van der Waals surface area contributed by atoms with Gasteiger partial charge in [-0.1, -0.05) is 6.07 Å². The van der Waals surface area contributed by atoms with E-state index in [9.17, 15) is 13.2 Å². The summed E-state index contributed by atoms with van der Waals surface area (Å²) in [5.41, 5.74) is -0.674. The molecular weight excluding hydrogens is 333 g/mol. The molecule has 1 aliphatic heterocycles. The zero-order chi connectivity index (χ0) is 17.9. The van der Waals surface area contributed by atoms with Crippen LogP contribution in [0.3, 0.4) is 0 Å². The Morgan fingerprint density at radius 3 is 2.60 bits per heavy atom. The van der Waals surface area contributed by atoms with Crippen molar-refractivity contribution >= 4 is 0 Å². The van der Waals surface area contributed by atoms with Gasteiger partial charge in [-0.25, -0.2) is 0 Å². The van der Waals surface area contributed by atoms with E-state index in [-0.39, 0.29) is 11.9 Å². The first-order chi connectivity index (χ1) is 11.9. The van der Waals surface area contributed by atoms with Crippen molar-refractivity contribution in [3.63, 3.8) is 0 Å². The summed E-state index contributed by atoms with van der Waals surface area (Å²) in [7, 11) is 0. The van der Waals surface area contributed by atoms with Crippen LogP contribution < -0.4 is 4.74 Å². The van der Waals surface area contributed by atoms with Gasteiger partial charge in [0.15, 0.2) is 0 Å². The number of piperidine rings is 1. The first kappa shape index (κ1) is 17.7. The van der Waals surface area contributed by atoms with Gasteiger partial charge in [-0.15, -0.1) is 10.2 Å². The number of halogens is 3. The first-order valence-corrected chi connectivity index (χ1v) is 8.32. The molecule has 136 valence electrons. The maximum absolute atomic E-state index is 12.8. The van der Waals surface area contributed by atoms with Crippen LogP contribution in [0, 0.1) is 6.92 Å². The highest BCUT2D eigenvalue weighted by Gasteiger charge is 2.31. The second-order valence-electron chi connectivity index (χ2n) is 6.26. The van der Waals surface area contributed by atoms with Gasteiger partial charge < -0.3 is 14.2 Å². The predicted molar refractivity (Wildman–Crippen MR) is 86.3 cm³/mol. The Balaban J connectivity index is 1.47. The molecule has 2 heterocycles. The molecule has 0 saturated carbocycles. The number of hydrogen-bond acceptors (Lipinski definition) is 4. The number of hydrogen-bond donors (Lipinski definition) is 0. The normalized spacial score (nSPS) is 17.0. The molecule has 1 aliphatic rings. The van der Waals surface area contributed by atoms with Crippen LogP contribution in [0.15, 0.2) is 30.6 Å². The third-order valence-electron chi connectivity index (χ3n) is 4.46. The maximum Gasteiger partial charge on any atom is 0.416 e. The molecule has 2 aromatic rings. The number of aromatic nitrogens is 3. The van der Waals surface area contributed by atoms with Crippen molar-refractivity contribution in [3.05, 3.63) is 42.0 Å². The molecule has 0 amide bonds. The van der Waals surface area contributed by atoms with E-state index in [1.165, 1.54) is 6.07 Å². The summed E-state index contributed by atoms with van der Waals surface area (Å²) in [6.45, 7) is 5.38. The summed E-state index contributed by atoms with van der Waals surface area (Å²) in [6.07, 6.45) is -1.06. The topological polar surface area (TPSA) is 43.2 Å². The van der Waals surface area contributed by atoms with Gasteiger partial charge >= 0.3 is 6.18 Å². The highest BCUT2D eigenvalue weighted by Crippen LogP contribution is 2.32. The molecule has 0 aliphatic carbocycles. The fraction of sp³-hybridized carbons (Fsp3) is 0.529. The van der Waals surface area contributed by atoms with E-state index in [2.05, 4.69) is 15.1 Å². The summed E-state index contributed by atoms with van der Waals surface area (Å²) >= 11 is 0. The highest BCUT2D eigenvalue weighted by molar-refractivity contribution is 5.30. The van der Waals surface area contributed by atoms with Crippen molar-refractivity contribution in [2.24, 2.45) is 0 Å². The van der Waals surface area contributed by atoms with Gasteiger partial charge in [0.05, 0.1) is 5.56 Å². The Morgan fingerprint density at radius 1 is 1.20 bits per heavy atom. The summed E-state index contributed by atoms with van der Waals surface area (Å²) in [5, 5.41) is 7.82. The van der Waals surface area contributed by atoms with E-state index in [0.717, 1.165) is 57.0 Å². The zero-order valence-electron chi connectivity index (χ0n) is 14.0. The van der Waals surface area contributed by atoms with E-state index in [4.69, 9.17) is 4.74 Å². The van der Waals surface area contributed by atoms with Crippen LogP contribution in [0.25, 0.3) is 0 Å². The van der Waals surface area contributed by atoms with Gasteiger partial charge in [0.25, 0.3) is 0 Å². The molecule has 1 fully saturated rings. The maximum atomic E-state index is 12.8. The SMILES string of the molecule is Cc1nncn1CCN1CCC(Oc2cccc(C(F)(F)F)c2)CC1. The first-order valence-electron chi connectivity index (χ1n) is 8.32. The fourth-order valence-corrected chi connectivity index (χ4v) is 2.97. The van der Waals surface area contributed by atoms with Gasteiger partial charge in [-0.05, 0) is 38.0 Å². The number of alkyl halides is 3. The molecule has 0 radical (unpaired) electrons. The van der Waals surface area contributed by atoms with Crippen LogP contribution in [-0.2, 0) is 12.7 Å². The van der Waals surface area contributed by atoms with E-state index < -0.39 is 11.7 Å². The van der Waals surface area contributed by atoms with Crippen molar-refractivity contribution in [3.8, 4) is 5.75 Å². The third-order valence-corrected chi connectivity index (χ3v) is 4.46. The Morgan fingerprint density at radius 2 is 1.96 bits per heavy atom. The van der Waals surface area contributed by atoms with Crippen LogP contribution in [0.5, 0.6) is 5.75 Å². The van der Waals surface area contributed by atoms with Gasteiger partial charge in [0, 0.05) is 26.2 Å². The van der Waals surface area contributed by atoms with Gasteiger partial charge in [-0.3, -0.25) is 0 Å². The Labute approximate surface area is 144 Å². The molecule has 3 rings (SSSR count). The molecular formula is C17H21F3N4O. The van der Waals surface area contributed by atoms with Crippen LogP contribution in [0.4, 0.5) is 13.2 Å². The van der Waals surface area contributed by atoms with E-state index in [0.29, 0.717) is 0 Å². The number of likely N-dealkylation sites (tertiary alicyclic amines) is 1. The monoisotopic (exact) mass is 354 g/mol. The predicted octanol–water partition coefficient (Wildman–Crippen LogP) is 3.15. The van der Waals surface area contributed by atoms with Gasteiger partial charge in [0.2, 0.25) is 0 Å². The molecule has 0 N–H and O–H groups in total. The molecule has 0 spiro atoms. The van der Waals surface area contributed by atoms with Crippen molar-refractivity contribution in [2.45, 2.75) is 38.6 Å². The second-order valence-corrected chi connectivity index (χ2v) is 6.26. The Hall–Kier alpha value is -2.09.